The van der Waals surface area contributed by atoms with E-state index in [0.717, 1.165) is 16.6 Å². The van der Waals surface area contributed by atoms with Crippen LogP contribution in [0.3, 0.4) is 0 Å². The third kappa shape index (κ3) is 5.14. The lowest BCUT2D eigenvalue weighted by atomic mass is 10.0. The Bertz CT molecular complexity index is 1280. The quantitative estimate of drug-likeness (QED) is 0.290. The molecule has 7 heteroatoms. The molecular formula is C24H15F3N2O2. The molecule has 0 saturated heterocycles. The average Bonchev–Trinajstić information content (AvgIpc) is 2.76. The first-order valence-corrected chi connectivity index (χ1v) is 9.27. The summed E-state index contributed by atoms with van der Waals surface area (Å²) >= 11 is 0. The van der Waals surface area contributed by atoms with Crippen LogP contribution in [0, 0.1) is 0 Å². The predicted octanol–water partition coefficient (Wildman–Crippen LogP) is 6.09. The van der Waals surface area contributed by atoms with Crippen molar-refractivity contribution in [1.29, 1.82) is 0 Å². The van der Waals surface area contributed by atoms with Crippen LogP contribution in [0.2, 0.25) is 0 Å². The number of ether oxygens (including phenoxy) is 1. The second kappa shape index (κ2) is 8.39. The first-order chi connectivity index (χ1) is 14.9. The molecule has 0 bridgehead atoms. The number of carbonyl (C=O) groups is 1. The van der Waals surface area contributed by atoms with Crippen LogP contribution in [0.15, 0.2) is 85.2 Å². The van der Waals surface area contributed by atoms with E-state index in [4.69, 9.17) is 0 Å². The van der Waals surface area contributed by atoms with Crippen LogP contribution in [0.4, 0.5) is 13.2 Å². The van der Waals surface area contributed by atoms with Crippen molar-refractivity contribution in [1.82, 2.24) is 9.97 Å². The maximum Gasteiger partial charge on any atom is 0.573 e. The Morgan fingerprint density at radius 3 is 2.32 bits per heavy atom. The smallest absolute Gasteiger partial charge is 0.406 e. The summed E-state index contributed by atoms with van der Waals surface area (Å²) < 4.78 is 41.4. The van der Waals surface area contributed by atoms with Crippen LogP contribution in [0.5, 0.6) is 5.75 Å². The third-order valence-electron chi connectivity index (χ3n) is 4.47. The Hall–Kier alpha value is -4.00. The molecule has 1 heterocycles. The van der Waals surface area contributed by atoms with Crippen LogP contribution < -0.4 is 4.74 Å². The second-order valence-electron chi connectivity index (χ2n) is 6.66. The number of hydrogen-bond acceptors (Lipinski definition) is 4. The monoisotopic (exact) mass is 420 g/mol. The van der Waals surface area contributed by atoms with Crippen molar-refractivity contribution in [3.8, 4) is 16.9 Å². The number of alkyl halides is 3. The average molecular weight is 420 g/mol. The fourth-order valence-electron chi connectivity index (χ4n) is 3.08. The van der Waals surface area contributed by atoms with Crippen LogP contribution in [-0.4, -0.2) is 22.1 Å². The van der Waals surface area contributed by atoms with Gasteiger partial charge in [-0.15, -0.1) is 13.2 Å². The maximum atomic E-state index is 12.6. The zero-order valence-electron chi connectivity index (χ0n) is 16.0. The molecule has 0 aliphatic rings. The topological polar surface area (TPSA) is 52.1 Å². The van der Waals surface area contributed by atoms with Gasteiger partial charge in [0.2, 0.25) is 0 Å². The van der Waals surface area contributed by atoms with Gasteiger partial charge in [0.1, 0.15) is 5.75 Å². The van der Waals surface area contributed by atoms with Crippen molar-refractivity contribution in [3.05, 3.63) is 96.3 Å². The van der Waals surface area contributed by atoms with Crippen LogP contribution >= 0.6 is 0 Å². The fraction of sp³-hybridized carbons (Fsp3) is 0.0417. The van der Waals surface area contributed by atoms with Crippen molar-refractivity contribution < 1.29 is 22.7 Å². The summed E-state index contributed by atoms with van der Waals surface area (Å²) in [5, 5.41) is 0. The zero-order valence-corrected chi connectivity index (χ0v) is 16.0. The lowest BCUT2D eigenvalue weighted by Crippen LogP contribution is -2.17. The second-order valence-corrected chi connectivity index (χ2v) is 6.66. The molecule has 0 aliphatic heterocycles. The highest BCUT2D eigenvalue weighted by Gasteiger charge is 2.31. The lowest BCUT2D eigenvalue weighted by molar-refractivity contribution is -0.274. The van der Waals surface area contributed by atoms with E-state index >= 15 is 0 Å². The van der Waals surface area contributed by atoms with E-state index in [1.165, 1.54) is 24.3 Å². The standard InChI is InChI=1S/C24H15F3N2O2/c25-24(26,27)31-20-6-2-4-18(15-20)17-3-1-5-19(14-17)23(30)10-8-16-7-9-21-22(13-16)29-12-11-28-21/h1-15H. The number of carbonyl (C=O) groups excluding carboxylic acids is 1. The van der Waals surface area contributed by atoms with E-state index < -0.39 is 6.36 Å². The van der Waals surface area contributed by atoms with Crippen LogP contribution in [0.1, 0.15) is 15.9 Å². The summed E-state index contributed by atoms with van der Waals surface area (Å²) in [5.74, 6) is -0.551. The van der Waals surface area contributed by atoms with Gasteiger partial charge >= 0.3 is 6.36 Å². The highest BCUT2D eigenvalue weighted by molar-refractivity contribution is 6.07. The molecule has 0 fully saturated rings. The molecular weight excluding hydrogens is 405 g/mol. The summed E-state index contributed by atoms with van der Waals surface area (Å²) in [5.41, 5.74) is 3.81. The number of nitrogens with zero attached hydrogens (tertiary/aromatic N) is 2. The Morgan fingerprint density at radius 2 is 1.55 bits per heavy atom. The van der Waals surface area contributed by atoms with Gasteiger partial charge in [-0.25, -0.2) is 0 Å². The van der Waals surface area contributed by atoms with E-state index in [1.807, 2.05) is 18.2 Å². The summed E-state index contributed by atoms with van der Waals surface area (Å²) in [7, 11) is 0. The van der Waals surface area contributed by atoms with Crippen molar-refractivity contribution in [2.24, 2.45) is 0 Å². The number of ketones is 1. The molecule has 3 aromatic carbocycles. The summed E-state index contributed by atoms with van der Waals surface area (Å²) in [4.78, 5) is 21.1. The van der Waals surface area contributed by atoms with E-state index in [2.05, 4.69) is 14.7 Å². The molecule has 0 spiro atoms. The van der Waals surface area contributed by atoms with E-state index in [1.54, 1.807) is 48.8 Å². The minimum atomic E-state index is -4.77. The molecule has 31 heavy (non-hydrogen) atoms. The fourth-order valence-corrected chi connectivity index (χ4v) is 3.08. The number of rotatable bonds is 5. The normalized spacial score (nSPS) is 11.7. The van der Waals surface area contributed by atoms with Gasteiger partial charge in [-0.2, -0.15) is 0 Å². The first kappa shape index (κ1) is 20.3. The summed E-state index contributed by atoms with van der Waals surface area (Å²) in [6.07, 6.45) is 1.57. The van der Waals surface area contributed by atoms with Crippen molar-refractivity contribution in [3.63, 3.8) is 0 Å². The van der Waals surface area contributed by atoms with Gasteiger partial charge in [0.15, 0.2) is 5.78 Å². The molecule has 0 amide bonds. The first-order valence-electron chi connectivity index (χ1n) is 9.27. The Kier molecular flexibility index (Phi) is 5.49. The minimum absolute atomic E-state index is 0.233. The SMILES string of the molecule is O=C(C=Cc1ccc2nccnc2c1)c1cccc(-c2cccc(OC(F)(F)F)c2)c1. The van der Waals surface area contributed by atoms with E-state index in [0.29, 0.717) is 16.7 Å². The molecule has 154 valence electrons. The number of allylic oxidation sites excluding steroid dienone is 1. The van der Waals surface area contributed by atoms with Crippen LogP contribution in [0.25, 0.3) is 28.2 Å². The molecule has 0 radical (unpaired) electrons. The molecule has 0 saturated carbocycles. The van der Waals surface area contributed by atoms with Crippen molar-refractivity contribution in [2.45, 2.75) is 6.36 Å². The third-order valence-corrected chi connectivity index (χ3v) is 4.47. The molecule has 0 unspecified atom stereocenters. The molecule has 4 aromatic rings. The molecule has 0 atom stereocenters. The van der Waals surface area contributed by atoms with Crippen molar-refractivity contribution in [2.75, 3.05) is 0 Å². The number of fused-ring (bicyclic) bond motifs is 1. The molecule has 0 N–H and O–H groups in total. The van der Waals surface area contributed by atoms with Crippen molar-refractivity contribution >= 4 is 22.9 Å². The number of halogens is 3. The van der Waals surface area contributed by atoms with E-state index in [-0.39, 0.29) is 11.5 Å². The van der Waals surface area contributed by atoms with Gasteiger partial charge < -0.3 is 4.74 Å². The maximum absolute atomic E-state index is 12.6. The molecule has 4 rings (SSSR count). The molecule has 1 aromatic heterocycles. The van der Waals surface area contributed by atoms with Gasteiger partial charge in [-0.1, -0.05) is 42.5 Å². The zero-order chi connectivity index (χ0) is 21.8. The van der Waals surface area contributed by atoms with E-state index in [9.17, 15) is 18.0 Å². The number of benzene rings is 3. The van der Waals surface area contributed by atoms with Gasteiger partial charge in [0, 0.05) is 18.0 Å². The summed E-state index contributed by atoms with van der Waals surface area (Å²) in [6, 6.07) is 17.8. The predicted molar refractivity (Wildman–Crippen MR) is 111 cm³/mol. The largest absolute Gasteiger partial charge is 0.573 e. The van der Waals surface area contributed by atoms with Gasteiger partial charge in [0.05, 0.1) is 11.0 Å². The highest BCUT2D eigenvalue weighted by Crippen LogP contribution is 2.28. The minimum Gasteiger partial charge on any atom is -0.406 e. The Balaban J connectivity index is 1.55. The Morgan fingerprint density at radius 1 is 0.839 bits per heavy atom. The lowest BCUT2D eigenvalue weighted by Gasteiger charge is -2.10. The molecule has 0 aliphatic carbocycles. The van der Waals surface area contributed by atoms with Gasteiger partial charge in [-0.3, -0.25) is 14.8 Å². The Labute approximate surface area is 175 Å². The van der Waals surface area contributed by atoms with Gasteiger partial charge in [-0.05, 0) is 53.1 Å². The number of aromatic nitrogens is 2. The summed E-state index contributed by atoms with van der Waals surface area (Å²) in [6.45, 7) is 0. The van der Waals surface area contributed by atoms with Crippen LogP contribution in [-0.2, 0) is 0 Å². The highest BCUT2D eigenvalue weighted by atomic mass is 19.4. The van der Waals surface area contributed by atoms with Gasteiger partial charge in [0.25, 0.3) is 0 Å². The number of hydrogen-bond donors (Lipinski definition) is 0. The molecule has 4 nitrogen and oxygen atoms in total.